The lowest BCUT2D eigenvalue weighted by Gasteiger charge is -2.07. The van der Waals surface area contributed by atoms with E-state index in [0.29, 0.717) is 11.6 Å². The Labute approximate surface area is 123 Å². The Bertz CT molecular complexity index is 611. The lowest BCUT2D eigenvalue weighted by molar-refractivity contribution is 0.340. The Morgan fingerprint density at radius 3 is 2.70 bits per heavy atom. The summed E-state index contributed by atoms with van der Waals surface area (Å²) in [5.41, 5.74) is 1.60. The third kappa shape index (κ3) is 3.52. The standard InChI is InChI=1S/C16H16ClNO2/c1-3-20-15-9-8-13(17)10-12(15)11-18-14-6-4-5-7-16(14)19-2/h4-11H,3H2,1-2H3. The molecule has 0 amide bonds. The molecule has 0 aliphatic heterocycles. The Morgan fingerprint density at radius 2 is 1.95 bits per heavy atom. The highest BCUT2D eigenvalue weighted by atomic mass is 35.5. The predicted molar refractivity (Wildman–Crippen MR) is 82.9 cm³/mol. The highest BCUT2D eigenvalue weighted by Gasteiger charge is 2.03. The van der Waals surface area contributed by atoms with Crippen LogP contribution in [0.5, 0.6) is 11.5 Å². The molecule has 0 N–H and O–H groups in total. The summed E-state index contributed by atoms with van der Waals surface area (Å²) >= 11 is 6.02. The molecule has 20 heavy (non-hydrogen) atoms. The average molecular weight is 290 g/mol. The van der Waals surface area contributed by atoms with Crippen molar-refractivity contribution in [1.82, 2.24) is 0 Å². The molecule has 0 aliphatic carbocycles. The van der Waals surface area contributed by atoms with Gasteiger partial charge in [0.15, 0.2) is 0 Å². The minimum atomic E-state index is 0.594. The number of hydrogen-bond donors (Lipinski definition) is 0. The maximum Gasteiger partial charge on any atom is 0.144 e. The van der Waals surface area contributed by atoms with Gasteiger partial charge < -0.3 is 9.47 Å². The zero-order valence-electron chi connectivity index (χ0n) is 11.5. The molecule has 0 spiro atoms. The van der Waals surface area contributed by atoms with E-state index in [-0.39, 0.29) is 0 Å². The zero-order chi connectivity index (χ0) is 14.4. The molecule has 2 aromatic carbocycles. The van der Waals surface area contributed by atoms with Gasteiger partial charge in [-0.1, -0.05) is 23.7 Å². The van der Waals surface area contributed by atoms with Gasteiger partial charge in [0.1, 0.15) is 17.2 Å². The minimum absolute atomic E-state index is 0.594. The van der Waals surface area contributed by atoms with Gasteiger partial charge in [-0.05, 0) is 37.3 Å². The fourth-order valence-electron chi connectivity index (χ4n) is 1.78. The number of nitrogens with zero attached hydrogens (tertiary/aromatic N) is 1. The van der Waals surface area contributed by atoms with Crippen LogP contribution in [0.15, 0.2) is 47.5 Å². The van der Waals surface area contributed by atoms with E-state index in [9.17, 15) is 0 Å². The van der Waals surface area contributed by atoms with E-state index in [1.807, 2.05) is 43.3 Å². The van der Waals surface area contributed by atoms with Crippen molar-refractivity contribution in [2.75, 3.05) is 13.7 Å². The number of halogens is 1. The van der Waals surface area contributed by atoms with Gasteiger partial charge in [0.05, 0.1) is 13.7 Å². The molecule has 2 rings (SSSR count). The lowest BCUT2D eigenvalue weighted by atomic mass is 10.2. The van der Waals surface area contributed by atoms with Crippen molar-refractivity contribution in [1.29, 1.82) is 0 Å². The SMILES string of the molecule is CCOc1ccc(Cl)cc1C=Nc1ccccc1OC. The molecule has 2 aromatic rings. The molecule has 104 valence electrons. The fourth-order valence-corrected chi connectivity index (χ4v) is 1.96. The number of aliphatic imine (C=N–C) groups is 1. The van der Waals surface area contributed by atoms with Gasteiger partial charge in [-0.25, -0.2) is 0 Å². The predicted octanol–water partition coefficient (Wildman–Crippen LogP) is 4.50. The molecular weight excluding hydrogens is 274 g/mol. The van der Waals surface area contributed by atoms with Crippen molar-refractivity contribution in [2.45, 2.75) is 6.92 Å². The van der Waals surface area contributed by atoms with Crippen molar-refractivity contribution >= 4 is 23.5 Å². The highest BCUT2D eigenvalue weighted by molar-refractivity contribution is 6.30. The van der Waals surface area contributed by atoms with Crippen molar-refractivity contribution < 1.29 is 9.47 Å². The van der Waals surface area contributed by atoms with Crippen LogP contribution in [-0.4, -0.2) is 19.9 Å². The first-order valence-corrected chi connectivity index (χ1v) is 6.72. The van der Waals surface area contributed by atoms with Crippen LogP contribution in [0.25, 0.3) is 0 Å². The van der Waals surface area contributed by atoms with Crippen molar-refractivity contribution in [3.63, 3.8) is 0 Å². The monoisotopic (exact) mass is 289 g/mol. The first-order chi connectivity index (χ1) is 9.74. The van der Waals surface area contributed by atoms with E-state index >= 15 is 0 Å². The molecule has 0 saturated heterocycles. The van der Waals surface area contributed by atoms with E-state index in [2.05, 4.69) is 4.99 Å². The third-order valence-corrected chi connectivity index (χ3v) is 2.93. The highest BCUT2D eigenvalue weighted by Crippen LogP contribution is 2.27. The molecule has 0 atom stereocenters. The van der Waals surface area contributed by atoms with E-state index < -0.39 is 0 Å². The Morgan fingerprint density at radius 1 is 1.15 bits per heavy atom. The average Bonchev–Trinajstić information content (AvgIpc) is 2.48. The minimum Gasteiger partial charge on any atom is -0.494 e. The van der Waals surface area contributed by atoms with Gasteiger partial charge >= 0.3 is 0 Å². The topological polar surface area (TPSA) is 30.8 Å². The van der Waals surface area contributed by atoms with Gasteiger partial charge in [-0.15, -0.1) is 0 Å². The molecule has 0 aliphatic rings. The largest absolute Gasteiger partial charge is 0.494 e. The van der Waals surface area contributed by atoms with Gasteiger partial charge in [0.2, 0.25) is 0 Å². The van der Waals surface area contributed by atoms with Crippen molar-refractivity contribution in [3.05, 3.63) is 53.1 Å². The van der Waals surface area contributed by atoms with Crippen molar-refractivity contribution in [2.24, 2.45) is 4.99 Å². The number of benzene rings is 2. The van der Waals surface area contributed by atoms with Gasteiger partial charge in [0, 0.05) is 16.8 Å². The number of rotatable bonds is 5. The molecular formula is C16H16ClNO2. The molecule has 4 heteroatoms. The Balaban J connectivity index is 2.33. The number of methoxy groups -OCH3 is 1. The Kier molecular flexibility index (Phi) is 5.02. The summed E-state index contributed by atoms with van der Waals surface area (Å²) < 4.78 is 10.8. The van der Waals surface area contributed by atoms with Gasteiger partial charge in [-0.2, -0.15) is 0 Å². The normalized spacial score (nSPS) is 10.8. The molecule has 0 saturated carbocycles. The first kappa shape index (κ1) is 14.4. The summed E-state index contributed by atoms with van der Waals surface area (Å²) in [4.78, 5) is 4.44. The summed E-state index contributed by atoms with van der Waals surface area (Å²) in [6, 6.07) is 13.0. The number of ether oxygens (including phenoxy) is 2. The molecule has 0 radical (unpaired) electrons. The van der Waals surface area contributed by atoms with Crippen LogP contribution in [0.3, 0.4) is 0 Å². The molecule has 0 aromatic heterocycles. The maximum atomic E-state index is 6.02. The van der Waals surface area contributed by atoms with Gasteiger partial charge in [0.25, 0.3) is 0 Å². The third-order valence-electron chi connectivity index (χ3n) is 2.70. The van der Waals surface area contributed by atoms with Gasteiger partial charge in [-0.3, -0.25) is 4.99 Å². The van der Waals surface area contributed by atoms with Crippen LogP contribution >= 0.6 is 11.6 Å². The van der Waals surface area contributed by atoms with Crippen LogP contribution < -0.4 is 9.47 Å². The fraction of sp³-hybridized carbons (Fsp3) is 0.188. The number of para-hydroxylation sites is 2. The van der Waals surface area contributed by atoms with Crippen LogP contribution in [0.1, 0.15) is 12.5 Å². The summed E-state index contributed by atoms with van der Waals surface area (Å²) in [5.74, 6) is 1.49. The lowest BCUT2D eigenvalue weighted by Crippen LogP contribution is -1.96. The maximum absolute atomic E-state index is 6.02. The van der Waals surface area contributed by atoms with Crippen LogP contribution in [0.4, 0.5) is 5.69 Å². The first-order valence-electron chi connectivity index (χ1n) is 6.34. The second-order valence-electron chi connectivity index (χ2n) is 4.05. The van der Waals surface area contributed by atoms with E-state index in [1.54, 1.807) is 19.4 Å². The molecule has 0 bridgehead atoms. The molecule has 0 heterocycles. The smallest absolute Gasteiger partial charge is 0.144 e. The Hall–Kier alpha value is -2.00. The molecule has 0 fully saturated rings. The molecule has 0 unspecified atom stereocenters. The van der Waals surface area contributed by atoms with Crippen LogP contribution in [0, 0.1) is 0 Å². The zero-order valence-corrected chi connectivity index (χ0v) is 12.2. The summed E-state index contributed by atoms with van der Waals surface area (Å²) in [5, 5.41) is 0.648. The quantitative estimate of drug-likeness (QED) is 0.759. The molecule has 3 nitrogen and oxygen atoms in total. The second-order valence-corrected chi connectivity index (χ2v) is 4.48. The van der Waals surface area contributed by atoms with E-state index in [1.165, 1.54) is 0 Å². The summed E-state index contributed by atoms with van der Waals surface area (Å²) in [6.07, 6.45) is 1.73. The summed E-state index contributed by atoms with van der Waals surface area (Å²) in [7, 11) is 1.62. The van der Waals surface area contributed by atoms with Crippen LogP contribution in [0.2, 0.25) is 5.02 Å². The van der Waals surface area contributed by atoms with E-state index in [0.717, 1.165) is 22.7 Å². The van der Waals surface area contributed by atoms with Crippen LogP contribution in [-0.2, 0) is 0 Å². The summed E-state index contributed by atoms with van der Waals surface area (Å²) in [6.45, 7) is 2.53. The van der Waals surface area contributed by atoms with E-state index in [4.69, 9.17) is 21.1 Å². The second kappa shape index (κ2) is 6.96. The van der Waals surface area contributed by atoms with Crippen molar-refractivity contribution in [3.8, 4) is 11.5 Å². The number of hydrogen-bond acceptors (Lipinski definition) is 3.